The molecular formula is C11H19N. The molecule has 1 fully saturated rings. The van der Waals surface area contributed by atoms with E-state index in [0.717, 1.165) is 18.3 Å². The van der Waals surface area contributed by atoms with Gasteiger partial charge < -0.3 is 0 Å². The lowest BCUT2D eigenvalue weighted by Gasteiger charge is -2.26. The number of rotatable bonds is 3. The van der Waals surface area contributed by atoms with Crippen molar-refractivity contribution < 1.29 is 0 Å². The molecule has 0 radical (unpaired) electrons. The van der Waals surface area contributed by atoms with Gasteiger partial charge in [0.2, 0.25) is 0 Å². The highest BCUT2D eigenvalue weighted by atomic mass is 14.3. The molecule has 0 spiro atoms. The Morgan fingerprint density at radius 3 is 2.25 bits per heavy atom. The SMILES string of the molecule is CCC[C@H]1CC[C@H](CC#N)CC1. The second kappa shape index (κ2) is 5.19. The van der Waals surface area contributed by atoms with Crippen LogP contribution >= 0.6 is 0 Å². The first-order chi connectivity index (χ1) is 5.86. The summed E-state index contributed by atoms with van der Waals surface area (Å²) in [5, 5.41) is 8.54. The van der Waals surface area contributed by atoms with Gasteiger partial charge in [0.05, 0.1) is 6.07 Å². The van der Waals surface area contributed by atoms with Crippen LogP contribution in [0.4, 0.5) is 0 Å². The largest absolute Gasteiger partial charge is 0.198 e. The van der Waals surface area contributed by atoms with Crippen LogP contribution in [0, 0.1) is 23.2 Å². The Morgan fingerprint density at radius 2 is 1.75 bits per heavy atom. The fraction of sp³-hybridized carbons (Fsp3) is 0.909. The van der Waals surface area contributed by atoms with Gasteiger partial charge in [-0.25, -0.2) is 0 Å². The highest BCUT2D eigenvalue weighted by Crippen LogP contribution is 2.32. The van der Waals surface area contributed by atoms with E-state index in [0.29, 0.717) is 0 Å². The summed E-state index contributed by atoms with van der Waals surface area (Å²) in [6.07, 6.45) is 8.88. The maximum absolute atomic E-state index is 8.54. The number of nitrogens with zero attached hydrogens (tertiary/aromatic N) is 1. The van der Waals surface area contributed by atoms with Crippen molar-refractivity contribution in [3.63, 3.8) is 0 Å². The first-order valence-electron chi connectivity index (χ1n) is 5.23. The first kappa shape index (κ1) is 9.58. The predicted molar refractivity (Wildman–Crippen MR) is 50.6 cm³/mol. The van der Waals surface area contributed by atoms with Gasteiger partial charge in [-0.2, -0.15) is 5.26 Å². The second-order valence-electron chi connectivity index (χ2n) is 4.04. The van der Waals surface area contributed by atoms with Crippen LogP contribution in [0.2, 0.25) is 0 Å². The van der Waals surface area contributed by atoms with Crippen molar-refractivity contribution >= 4 is 0 Å². The van der Waals surface area contributed by atoms with Crippen LogP contribution in [-0.2, 0) is 0 Å². The summed E-state index contributed by atoms with van der Waals surface area (Å²) in [4.78, 5) is 0. The van der Waals surface area contributed by atoms with E-state index in [1.165, 1.54) is 38.5 Å². The van der Waals surface area contributed by atoms with Gasteiger partial charge in [0, 0.05) is 6.42 Å². The highest BCUT2D eigenvalue weighted by Gasteiger charge is 2.19. The zero-order valence-corrected chi connectivity index (χ0v) is 8.05. The Kier molecular flexibility index (Phi) is 4.14. The molecule has 0 bridgehead atoms. The maximum atomic E-state index is 8.54. The summed E-state index contributed by atoms with van der Waals surface area (Å²) in [5.41, 5.74) is 0. The summed E-state index contributed by atoms with van der Waals surface area (Å²) < 4.78 is 0. The summed E-state index contributed by atoms with van der Waals surface area (Å²) in [5.74, 6) is 1.70. The van der Waals surface area contributed by atoms with Crippen LogP contribution in [0.25, 0.3) is 0 Å². The van der Waals surface area contributed by atoms with Crippen LogP contribution in [0.3, 0.4) is 0 Å². The number of nitriles is 1. The third-order valence-corrected chi connectivity index (χ3v) is 3.04. The minimum absolute atomic E-state index is 0.725. The van der Waals surface area contributed by atoms with Crippen LogP contribution in [0.5, 0.6) is 0 Å². The van der Waals surface area contributed by atoms with Crippen molar-refractivity contribution in [2.45, 2.75) is 51.9 Å². The minimum Gasteiger partial charge on any atom is -0.198 e. The molecule has 1 heteroatoms. The lowest BCUT2D eigenvalue weighted by molar-refractivity contribution is 0.265. The minimum atomic E-state index is 0.725. The van der Waals surface area contributed by atoms with E-state index < -0.39 is 0 Å². The average Bonchev–Trinajstić information content (AvgIpc) is 2.09. The molecule has 0 atom stereocenters. The molecule has 0 N–H and O–H groups in total. The van der Waals surface area contributed by atoms with Gasteiger partial charge in [-0.1, -0.05) is 32.6 Å². The fourth-order valence-electron chi connectivity index (χ4n) is 2.26. The van der Waals surface area contributed by atoms with Crippen LogP contribution < -0.4 is 0 Å². The van der Waals surface area contributed by atoms with Crippen LogP contribution in [0.15, 0.2) is 0 Å². The van der Waals surface area contributed by atoms with Gasteiger partial charge in [0.1, 0.15) is 0 Å². The normalized spacial score (nSPS) is 29.7. The summed E-state index contributed by atoms with van der Waals surface area (Å²) >= 11 is 0. The van der Waals surface area contributed by atoms with E-state index in [2.05, 4.69) is 13.0 Å². The Morgan fingerprint density at radius 1 is 1.17 bits per heavy atom. The molecule has 1 aliphatic carbocycles. The monoisotopic (exact) mass is 165 g/mol. The molecule has 1 saturated carbocycles. The second-order valence-corrected chi connectivity index (χ2v) is 4.04. The molecule has 12 heavy (non-hydrogen) atoms. The standard InChI is InChI=1S/C11H19N/c1-2-3-10-4-6-11(7-5-10)8-9-12/h10-11H,2-8H2,1H3/t10-,11-. The quantitative estimate of drug-likeness (QED) is 0.627. The average molecular weight is 165 g/mol. The van der Waals surface area contributed by atoms with Crippen molar-refractivity contribution in [2.75, 3.05) is 0 Å². The number of hydrogen-bond donors (Lipinski definition) is 0. The fourth-order valence-corrected chi connectivity index (χ4v) is 2.26. The predicted octanol–water partition coefficient (Wildman–Crippen LogP) is 3.51. The van der Waals surface area contributed by atoms with Gasteiger partial charge in [0.25, 0.3) is 0 Å². The summed E-state index contributed by atoms with van der Waals surface area (Å²) in [6, 6.07) is 2.28. The maximum Gasteiger partial charge on any atom is 0.0624 e. The molecule has 1 rings (SSSR count). The van der Waals surface area contributed by atoms with Crippen molar-refractivity contribution in [1.82, 2.24) is 0 Å². The van der Waals surface area contributed by atoms with Crippen molar-refractivity contribution in [1.29, 1.82) is 5.26 Å². The van der Waals surface area contributed by atoms with E-state index in [9.17, 15) is 0 Å². The van der Waals surface area contributed by atoms with E-state index in [1.54, 1.807) is 0 Å². The summed E-state index contributed by atoms with van der Waals surface area (Å²) in [7, 11) is 0. The zero-order chi connectivity index (χ0) is 8.81. The van der Waals surface area contributed by atoms with Gasteiger partial charge in [-0.3, -0.25) is 0 Å². The smallest absolute Gasteiger partial charge is 0.0624 e. The topological polar surface area (TPSA) is 23.8 Å². The first-order valence-corrected chi connectivity index (χ1v) is 5.23. The molecule has 68 valence electrons. The van der Waals surface area contributed by atoms with E-state index in [1.807, 2.05) is 0 Å². The van der Waals surface area contributed by atoms with Crippen molar-refractivity contribution in [2.24, 2.45) is 11.8 Å². The van der Waals surface area contributed by atoms with E-state index in [4.69, 9.17) is 5.26 Å². The molecule has 0 amide bonds. The molecule has 0 aliphatic heterocycles. The molecular weight excluding hydrogens is 146 g/mol. The Balaban J connectivity index is 2.16. The van der Waals surface area contributed by atoms with Gasteiger partial charge >= 0.3 is 0 Å². The molecule has 1 nitrogen and oxygen atoms in total. The van der Waals surface area contributed by atoms with Crippen LogP contribution in [0.1, 0.15) is 51.9 Å². The van der Waals surface area contributed by atoms with Gasteiger partial charge in [0.15, 0.2) is 0 Å². The van der Waals surface area contributed by atoms with Crippen molar-refractivity contribution in [3.05, 3.63) is 0 Å². The molecule has 0 saturated heterocycles. The third kappa shape index (κ3) is 2.85. The third-order valence-electron chi connectivity index (χ3n) is 3.04. The molecule has 0 heterocycles. The number of hydrogen-bond acceptors (Lipinski definition) is 1. The molecule has 0 aromatic rings. The molecule has 0 aromatic heterocycles. The van der Waals surface area contributed by atoms with Crippen LogP contribution in [-0.4, -0.2) is 0 Å². The molecule has 0 unspecified atom stereocenters. The Labute approximate surface area is 75.8 Å². The van der Waals surface area contributed by atoms with Gasteiger partial charge in [-0.15, -0.1) is 0 Å². The lowest BCUT2D eigenvalue weighted by atomic mass is 9.79. The highest BCUT2D eigenvalue weighted by molar-refractivity contribution is 4.80. The lowest BCUT2D eigenvalue weighted by Crippen LogP contribution is -2.13. The Bertz CT molecular complexity index is 149. The van der Waals surface area contributed by atoms with Crippen molar-refractivity contribution in [3.8, 4) is 6.07 Å². The summed E-state index contributed by atoms with van der Waals surface area (Å²) in [6.45, 7) is 2.27. The van der Waals surface area contributed by atoms with E-state index >= 15 is 0 Å². The molecule has 1 aliphatic rings. The van der Waals surface area contributed by atoms with Gasteiger partial charge in [-0.05, 0) is 24.7 Å². The zero-order valence-electron chi connectivity index (χ0n) is 8.05. The molecule has 0 aromatic carbocycles. The van der Waals surface area contributed by atoms with E-state index in [-0.39, 0.29) is 0 Å². The Hall–Kier alpha value is -0.510.